The second kappa shape index (κ2) is 5.87. The number of ether oxygens (including phenoxy) is 2. The van der Waals surface area contributed by atoms with Gasteiger partial charge in [-0.3, -0.25) is 4.79 Å². The lowest BCUT2D eigenvalue weighted by Crippen LogP contribution is -2.09. The summed E-state index contributed by atoms with van der Waals surface area (Å²) in [5.74, 6) is 0.843. The van der Waals surface area contributed by atoms with E-state index < -0.39 is 17.3 Å². The lowest BCUT2D eigenvalue weighted by atomic mass is 10.1. The maximum Gasteiger partial charge on any atom is 0.417 e. The van der Waals surface area contributed by atoms with E-state index in [1.54, 1.807) is 24.3 Å². The molecule has 0 saturated carbocycles. The average molecular weight is 296 g/mol. The Balaban J connectivity index is 2.34. The normalized spacial score (nSPS) is 11.0. The summed E-state index contributed by atoms with van der Waals surface area (Å²) in [4.78, 5) is 10.7. The molecule has 110 valence electrons. The molecule has 0 amide bonds. The van der Waals surface area contributed by atoms with E-state index in [1.807, 2.05) is 0 Å². The Morgan fingerprint density at radius 3 is 2.29 bits per heavy atom. The molecule has 0 spiro atoms. The van der Waals surface area contributed by atoms with Crippen LogP contribution in [0.2, 0.25) is 0 Å². The second-order valence-corrected chi connectivity index (χ2v) is 4.15. The first-order chi connectivity index (χ1) is 9.94. The van der Waals surface area contributed by atoms with Crippen molar-refractivity contribution in [1.29, 1.82) is 0 Å². The molecule has 2 aromatic carbocycles. The van der Waals surface area contributed by atoms with Crippen LogP contribution in [0.3, 0.4) is 0 Å². The number of benzene rings is 2. The first-order valence-corrected chi connectivity index (χ1v) is 5.92. The first-order valence-electron chi connectivity index (χ1n) is 5.92. The van der Waals surface area contributed by atoms with Gasteiger partial charge in [-0.15, -0.1) is 0 Å². The number of hydrogen-bond acceptors (Lipinski definition) is 3. The van der Waals surface area contributed by atoms with Gasteiger partial charge in [-0.2, -0.15) is 13.2 Å². The Hall–Kier alpha value is -2.50. The highest BCUT2D eigenvalue weighted by atomic mass is 19.4. The van der Waals surface area contributed by atoms with E-state index >= 15 is 0 Å². The van der Waals surface area contributed by atoms with Gasteiger partial charge in [-0.05, 0) is 30.3 Å². The maximum atomic E-state index is 12.8. The molecule has 2 aromatic rings. The Morgan fingerprint density at radius 2 is 1.67 bits per heavy atom. The number of halogens is 3. The molecular formula is C15H11F3O3. The number of carbonyl (C=O) groups is 1. The van der Waals surface area contributed by atoms with E-state index in [0.29, 0.717) is 11.5 Å². The van der Waals surface area contributed by atoms with Gasteiger partial charge in [0.2, 0.25) is 0 Å². The number of alkyl halides is 3. The largest absolute Gasteiger partial charge is 0.497 e. The van der Waals surface area contributed by atoms with Crippen LogP contribution < -0.4 is 9.47 Å². The van der Waals surface area contributed by atoms with E-state index in [2.05, 4.69) is 0 Å². The van der Waals surface area contributed by atoms with Crippen molar-refractivity contribution in [1.82, 2.24) is 0 Å². The van der Waals surface area contributed by atoms with Crippen molar-refractivity contribution in [3.05, 3.63) is 53.6 Å². The summed E-state index contributed by atoms with van der Waals surface area (Å²) in [7, 11) is 1.47. The maximum absolute atomic E-state index is 12.8. The molecule has 0 radical (unpaired) electrons. The van der Waals surface area contributed by atoms with E-state index in [0.717, 1.165) is 12.1 Å². The molecule has 21 heavy (non-hydrogen) atoms. The molecule has 0 saturated heterocycles. The van der Waals surface area contributed by atoms with Gasteiger partial charge in [0.1, 0.15) is 17.2 Å². The van der Waals surface area contributed by atoms with Gasteiger partial charge in [-0.25, -0.2) is 0 Å². The molecule has 0 N–H and O–H groups in total. The Bertz CT molecular complexity index is 651. The van der Waals surface area contributed by atoms with Crippen LogP contribution in [0.25, 0.3) is 0 Å². The van der Waals surface area contributed by atoms with Crippen molar-refractivity contribution in [3.63, 3.8) is 0 Å². The van der Waals surface area contributed by atoms with Gasteiger partial charge >= 0.3 is 6.18 Å². The smallest absolute Gasteiger partial charge is 0.417 e. The molecule has 0 fully saturated rings. The van der Waals surface area contributed by atoms with Crippen LogP contribution in [0.1, 0.15) is 15.9 Å². The number of methoxy groups -OCH3 is 1. The summed E-state index contributed by atoms with van der Waals surface area (Å²) < 4.78 is 48.9. The van der Waals surface area contributed by atoms with Gasteiger partial charge in [0.25, 0.3) is 0 Å². The van der Waals surface area contributed by atoms with Gasteiger partial charge in [-0.1, -0.05) is 6.07 Å². The van der Waals surface area contributed by atoms with Gasteiger partial charge in [0, 0.05) is 11.6 Å². The second-order valence-electron chi connectivity index (χ2n) is 4.15. The minimum atomic E-state index is -4.62. The first kappa shape index (κ1) is 14.9. The minimum absolute atomic E-state index is 0.0128. The van der Waals surface area contributed by atoms with Crippen LogP contribution in [0.15, 0.2) is 42.5 Å². The molecule has 0 aromatic heterocycles. The summed E-state index contributed by atoms with van der Waals surface area (Å²) in [6.45, 7) is 0. The zero-order valence-electron chi connectivity index (χ0n) is 11.0. The fourth-order valence-electron chi connectivity index (χ4n) is 1.75. The van der Waals surface area contributed by atoms with Crippen LogP contribution in [-0.2, 0) is 6.18 Å². The van der Waals surface area contributed by atoms with E-state index in [-0.39, 0.29) is 12.0 Å². The lowest BCUT2D eigenvalue weighted by molar-refractivity contribution is -0.137. The molecule has 0 unspecified atom stereocenters. The molecule has 3 nitrogen and oxygen atoms in total. The average Bonchev–Trinajstić information content (AvgIpc) is 2.46. The third-order valence-electron chi connectivity index (χ3n) is 2.73. The van der Waals surface area contributed by atoms with Crippen molar-refractivity contribution in [2.45, 2.75) is 6.18 Å². The zero-order valence-corrected chi connectivity index (χ0v) is 11.0. The van der Waals surface area contributed by atoms with Crippen molar-refractivity contribution < 1.29 is 27.4 Å². The molecule has 2 rings (SSSR count). The highest BCUT2D eigenvalue weighted by Crippen LogP contribution is 2.35. The zero-order chi connectivity index (χ0) is 15.5. The Labute approximate surface area is 118 Å². The molecule has 0 heterocycles. The van der Waals surface area contributed by atoms with Crippen LogP contribution in [0, 0.1) is 0 Å². The van der Waals surface area contributed by atoms with E-state index in [1.165, 1.54) is 13.2 Å². The van der Waals surface area contributed by atoms with Crippen molar-refractivity contribution in [2.24, 2.45) is 0 Å². The summed E-state index contributed by atoms with van der Waals surface area (Å²) in [6, 6.07) is 9.64. The van der Waals surface area contributed by atoms with Gasteiger partial charge < -0.3 is 9.47 Å². The summed E-state index contributed by atoms with van der Waals surface area (Å²) in [6.07, 6.45) is -4.46. The monoisotopic (exact) mass is 296 g/mol. The highest BCUT2D eigenvalue weighted by molar-refractivity contribution is 5.78. The molecule has 6 heteroatoms. The van der Waals surface area contributed by atoms with Crippen molar-refractivity contribution >= 4 is 6.29 Å². The predicted molar refractivity (Wildman–Crippen MR) is 69.9 cm³/mol. The molecule has 0 bridgehead atoms. The quantitative estimate of drug-likeness (QED) is 0.788. The predicted octanol–water partition coefficient (Wildman–Crippen LogP) is 4.32. The van der Waals surface area contributed by atoms with Crippen molar-refractivity contribution in [3.8, 4) is 17.2 Å². The number of carbonyl (C=O) groups excluding carboxylic acids is 1. The van der Waals surface area contributed by atoms with Gasteiger partial charge in [0.15, 0.2) is 6.29 Å². The van der Waals surface area contributed by atoms with E-state index in [9.17, 15) is 18.0 Å². The fourth-order valence-corrected chi connectivity index (χ4v) is 1.75. The summed E-state index contributed by atoms with van der Waals surface area (Å²) in [5.41, 5.74) is -1.46. The SMILES string of the molecule is COc1cccc(Oc2ccc(C=O)c(C(F)(F)F)c2)c1. The molecule has 0 aliphatic rings. The molecule has 0 atom stereocenters. The third-order valence-corrected chi connectivity index (χ3v) is 2.73. The number of aldehydes is 1. The van der Waals surface area contributed by atoms with Crippen molar-refractivity contribution in [2.75, 3.05) is 7.11 Å². The third kappa shape index (κ3) is 3.53. The summed E-state index contributed by atoms with van der Waals surface area (Å²) >= 11 is 0. The Kier molecular flexibility index (Phi) is 4.16. The highest BCUT2D eigenvalue weighted by Gasteiger charge is 2.33. The standard InChI is InChI=1S/C15H11F3O3/c1-20-11-3-2-4-12(7-11)21-13-6-5-10(9-19)14(8-13)15(16,17)18/h2-9H,1H3. The molecule has 0 aliphatic heterocycles. The summed E-state index contributed by atoms with van der Waals surface area (Å²) in [5, 5.41) is 0. The van der Waals surface area contributed by atoms with Crippen LogP contribution in [-0.4, -0.2) is 13.4 Å². The fraction of sp³-hybridized carbons (Fsp3) is 0.133. The van der Waals surface area contributed by atoms with E-state index in [4.69, 9.17) is 9.47 Å². The molecular weight excluding hydrogens is 285 g/mol. The van der Waals surface area contributed by atoms with Crippen LogP contribution >= 0.6 is 0 Å². The Morgan fingerprint density at radius 1 is 1.00 bits per heavy atom. The van der Waals surface area contributed by atoms with Crippen LogP contribution in [0.5, 0.6) is 17.2 Å². The minimum Gasteiger partial charge on any atom is -0.497 e. The van der Waals surface area contributed by atoms with Crippen LogP contribution in [0.4, 0.5) is 13.2 Å². The number of rotatable bonds is 4. The lowest BCUT2D eigenvalue weighted by Gasteiger charge is -2.12. The van der Waals surface area contributed by atoms with Gasteiger partial charge in [0.05, 0.1) is 12.7 Å². The molecule has 0 aliphatic carbocycles. The topological polar surface area (TPSA) is 35.5 Å². The number of hydrogen-bond donors (Lipinski definition) is 0.